The Morgan fingerprint density at radius 2 is 2.00 bits per heavy atom. The molecule has 1 aromatic heterocycles. The first-order chi connectivity index (χ1) is 9.31. The van der Waals surface area contributed by atoms with Crippen LogP contribution in [0.2, 0.25) is 0 Å². The molecule has 20 heavy (non-hydrogen) atoms. The van der Waals surface area contributed by atoms with Crippen LogP contribution >= 0.6 is 11.3 Å². The number of para-hydroxylation sites is 2. The lowest BCUT2D eigenvalue weighted by molar-refractivity contribution is 0.0702. The number of sulfonamides is 1. The summed E-state index contributed by atoms with van der Waals surface area (Å²) in [5.74, 6) is -1.15. The second-order valence-corrected chi connectivity index (χ2v) is 6.94. The Kier molecular flexibility index (Phi) is 3.69. The van der Waals surface area contributed by atoms with Gasteiger partial charge >= 0.3 is 5.97 Å². The Bertz CT molecular complexity index is 766. The van der Waals surface area contributed by atoms with Crippen molar-refractivity contribution in [2.24, 2.45) is 0 Å². The summed E-state index contributed by atoms with van der Waals surface area (Å²) in [6.45, 7) is 1.56. The van der Waals surface area contributed by atoms with Crippen LogP contribution in [0, 0.1) is 6.92 Å². The van der Waals surface area contributed by atoms with Crippen molar-refractivity contribution in [2.75, 3.05) is 10.5 Å². The van der Waals surface area contributed by atoms with E-state index < -0.39 is 16.0 Å². The van der Waals surface area contributed by atoms with Gasteiger partial charge in [-0.15, -0.1) is 11.3 Å². The minimum atomic E-state index is -3.86. The van der Waals surface area contributed by atoms with Gasteiger partial charge in [0.15, 0.2) is 0 Å². The molecule has 1 aromatic carbocycles. The number of rotatable bonds is 4. The number of carboxylic acids is 1. The van der Waals surface area contributed by atoms with Crippen molar-refractivity contribution in [3.05, 3.63) is 40.1 Å². The summed E-state index contributed by atoms with van der Waals surface area (Å²) in [6, 6.07) is 7.58. The zero-order valence-electron chi connectivity index (χ0n) is 10.5. The van der Waals surface area contributed by atoms with Crippen LogP contribution in [0.25, 0.3) is 0 Å². The van der Waals surface area contributed by atoms with E-state index in [9.17, 15) is 13.2 Å². The van der Waals surface area contributed by atoms with Crippen molar-refractivity contribution in [1.29, 1.82) is 0 Å². The highest BCUT2D eigenvalue weighted by Gasteiger charge is 2.22. The van der Waals surface area contributed by atoms with Gasteiger partial charge in [-0.1, -0.05) is 12.1 Å². The fourth-order valence-electron chi connectivity index (χ4n) is 1.63. The third-order valence-corrected chi connectivity index (χ3v) is 5.24. The van der Waals surface area contributed by atoms with E-state index in [1.165, 1.54) is 6.07 Å². The van der Waals surface area contributed by atoms with Crippen molar-refractivity contribution < 1.29 is 18.3 Å². The van der Waals surface area contributed by atoms with E-state index in [-0.39, 0.29) is 15.5 Å². The summed E-state index contributed by atoms with van der Waals surface area (Å²) < 4.78 is 26.9. The molecule has 106 valence electrons. The number of benzene rings is 1. The molecule has 2 rings (SSSR count). The topological polar surface area (TPSA) is 109 Å². The molecule has 6 nitrogen and oxygen atoms in total. The molecule has 0 aliphatic carbocycles. The number of carbonyl (C=O) groups is 1. The van der Waals surface area contributed by atoms with E-state index in [0.717, 1.165) is 17.4 Å². The molecule has 0 saturated heterocycles. The maximum Gasteiger partial charge on any atom is 0.345 e. The van der Waals surface area contributed by atoms with Crippen molar-refractivity contribution in [1.82, 2.24) is 0 Å². The highest BCUT2D eigenvalue weighted by atomic mass is 32.2. The zero-order valence-corrected chi connectivity index (χ0v) is 12.1. The summed E-state index contributed by atoms with van der Waals surface area (Å²) >= 11 is 0.914. The minimum Gasteiger partial charge on any atom is -0.477 e. The lowest BCUT2D eigenvalue weighted by Gasteiger charge is -2.09. The Morgan fingerprint density at radius 1 is 1.35 bits per heavy atom. The molecule has 0 unspecified atom stereocenters. The molecule has 0 atom stereocenters. The van der Waals surface area contributed by atoms with Gasteiger partial charge in [-0.2, -0.15) is 0 Å². The van der Waals surface area contributed by atoms with E-state index in [1.807, 2.05) is 0 Å². The van der Waals surface area contributed by atoms with Gasteiger partial charge in [0.05, 0.1) is 11.4 Å². The molecule has 8 heteroatoms. The summed E-state index contributed by atoms with van der Waals surface area (Å²) in [5.41, 5.74) is 6.23. The molecule has 1 heterocycles. The van der Waals surface area contributed by atoms with Crippen molar-refractivity contribution >= 4 is 38.7 Å². The van der Waals surface area contributed by atoms with Gasteiger partial charge in [0.2, 0.25) is 0 Å². The number of aryl methyl sites for hydroxylation is 1. The highest BCUT2D eigenvalue weighted by Crippen LogP contribution is 2.28. The smallest absolute Gasteiger partial charge is 0.345 e. The Hall–Kier alpha value is -2.06. The molecule has 0 spiro atoms. The molecule has 0 amide bonds. The predicted octanol–water partition coefficient (Wildman–Crippen LogP) is 2.14. The third-order valence-electron chi connectivity index (χ3n) is 2.58. The van der Waals surface area contributed by atoms with Gasteiger partial charge in [-0.3, -0.25) is 4.72 Å². The lowest BCUT2D eigenvalue weighted by Crippen LogP contribution is -2.14. The van der Waals surface area contributed by atoms with Gasteiger partial charge in [-0.25, -0.2) is 13.2 Å². The number of nitrogens with one attached hydrogen (secondary N) is 1. The number of nitrogen functional groups attached to an aromatic ring is 1. The van der Waals surface area contributed by atoms with Gasteiger partial charge < -0.3 is 10.8 Å². The quantitative estimate of drug-likeness (QED) is 0.749. The van der Waals surface area contributed by atoms with Crippen LogP contribution in [0.15, 0.2) is 35.2 Å². The van der Waals surface area contributed by atoms with Gasteiger partial charge in [0, 0.05) is 4.88 Å². The van der Waals surface area contributed by atoms with Crippen LogP contribution in [0.3, 0.4) is 0 Å². The Morgan fingerprint density at radius 3 is 2.55 bits per heavy atom. The number of hydrogen-bond donors (Lipinski definition) is 3. The first-order valence-corrected chi connectivity index (χ1v) is 7.82. The normalized spacial score (nSPS) is 11.2. The van der Waals surface area contributed by atoms with E-state index in [2.05, 4.69) is 4.72 Å². The monoisotopic (exact) mass is 312 g/mol. The molecule has 0 fully saturated rings. The molecule has 0 aliphatic heterocycles. The van der Waals surface area contributed by atoms with E-state index in [0.29, 0.717) is 10.6 Å². The number of nitrogens with two attached hydrogens (primary N) is 1. The van der Waals surface area contributed by atoms with Gasteiger partial charge in [0.25, 0.3) is 10.0 Å². The fourth-order valence-corrected chi connectivity index (χ4v) is 4.15. The Balaban J connectivity index is 2.41. The summed E-state index contributed by atoms with van der Waals surface area (Å²) in [5, 5.41) is 8.90. The largest absolute Gasteiger partial charge is 0.477 e. The standard InChI is InChI=1S/C12H12N2O4S2/c1-7-11(6-10(19-7)12(15)16)20(17,18)14-9-5-3-2-4-8(9)13/h2-6,14H,13H2,1H3,(H,15,16). The Labute approximate surface area is 119 Å². The SMILES string of the molecule is Cc1sc(C(=O)O)cc1S(=O)(=O)Nc1ccccc1N. The van der Waals surface area contributed by atoms with Gasteiger partial charge in [-0.05, 0) is 25.1 Å². The van der Waals surface area contributed by atoms with Crippen molar-refractivity contribution in [3.8, 4) is 0 Å². The number of anilines is 2. The molecule has 0 aliphatic rings. The third kappa shape index (κ3) is 2.75. The predicted molar refractivity (Wildman–Crippen MR) is 77.7 cm³/mol. The number of carboxylic acid groups (broad SMARTS) is 1. The average Bonchev–Trinajstić information content (AvgIpc) is 2.75. The van der Waals surface area contributed by atoms with E-state index >= 15 is 0 Å². The second kappa shape index (κ2) is 5.14. The van der Waals surface area contributed by atoms with Crippen molar-refractivity contribution in [2.45, 2.75) is 11.8 Å². The van der Waals surface area contributed by atoms with E-state index in [4.69, 9.17) is 10.8 Å². The second-order valence-electron chi connectivity index (χ2n) is 4.03. The maximum atomic E-state index is 12.3. The average molecular weight is 312 g/mol. The first kappa shape index (κ1) is 14.4. The van der Waals surface area contributed by atoms with Crippen LogP contribution < -0.4 is 10.5 Å². The molecular formula is C12H12N2O4S2. The summed E-state index contributed by atoms with van der Waals surface area (Å²) in [6.07, 6.45) is 0. The van der Waals surface area contributed by atoms with E-state index in [1.54, 1.807) is 25.1 Å². The molecular weight excluding hydrogens is 300 g/mol. The first-order valence-electron chi connectivity index (χ1n) is 5.52. The summed E-state index contributed by atoms with van der Waals surface area (Å²) in [7, 11) is -3.86. The van der Waals surface area contributed by atoms with Crippen LogP contribution in [0.1, 0.15) is 14.5 Å². The fraction of sp³-hybridized carbons (Fsp3) is 0.0833. The number of thiophene rings is 1. The van der Waals surface area contributed by atoms with Crippen molar-refractivity contribution in [3.63, 3.8) is 0 Å². The molecule has 0 bridgehead atoms. The van der Waals surface area contributed by atoms with Gasteiger partial charge in [0.1, 0.15) is 9.77 Å². The zero-order chi connectivity index (χ0) is 14.9. The molecule has 4 N–H and O–H groups in total. The van der Waals surface area contributed by atoms with Crippen LogP contribution in [0.5, 0.6) is 0 Å². The minimum absolute atomic E-state index is 0.0242. The maximum absolute atomic E-state index is 12.3. The molecule has 0 saturated carbocycles. The lowest BCUT2D eigenvalue weighted by atomic mass is 10.3. The van der Waals surface area contributed by atoms with Crippen LogP contribution in [0.4, 0.5) is 11.4 Å². The number of aromatic carboxylic acids is 1. The van der Waals surface area contributed by atoms with Crippen LogP contribution in [-0.2, 0) is 10.0 Å². The molecule has 0 radical (unpaired) electrons. The summed E-state index contributed by atoms with van der Waals surface area (Å²) in [4.78, 5) is 11.2. The highest BCUT2D eigenvalue weighted by molar-refractivity contribution is 7.93. The van der Waals surface area contributed by atoms with Crippen LogP contribution in [-0.4, -0.2) is 19.5 Å². The molecule has 2 aromatic rings. The number of hydrogen-bond acceptors (Lipinski definition) is 5.